The van der Waals surface area contributed by atoms with E-state index in [0.717, 1.165) is 0 Å². The number of hydrogen-bond acceptors (Lipinski definition) is 3. The molecule has 39 valence electrons. The molecule has 0 unspecified atom stereocenters. The van der Waals surface area contributed by atoms with Gasteiger partial charge in [-0.2, -0.15) is 0 Å². The summed E-state index contributed by atoms with van der Waals surface area (Å²) in [6, 6.07) is 3.17. The molecule has 0 atom stereocenters. The summed E-state index contributed by atoms with van der Waals surface area (Å²) >= 11 is 0. The molecule has 0 saturated heterocycles. The van der Waals surface area contributed by atoms with Crippen molar-refractivity contribution in [2.24, 2.45) is 5.18 Å². The Morgan fingerprint density at radius 2 is 2.62 bits per heavy atom. The highest BCUT2D eigenvalue weighted by Crippen LogP contribution is 2.03. The predicted molar refractivity (Wildman–Crippen MR) is 28.5 cm³/mol. The Balaban J connectivity index is 2.99. The molecule has 0 saturated carbocycles. The summed E-state index contributed by atoms with van der Waals surface area (Å²) < 4.78 is 0. The van der Waals surface area contributed by atoms with Crippen molar-refractivity contribution in [2.45, 2.75) is 0 Å². The van der Waals surface area contributed by atoms with Crippen molar-refractivity contribution in [3.8, 4) is 0 Å². The molecular formula is C5H3N2O. The van der Waals surface area contributed by atoms with Gasteiger partial charge in [-0.3, -0.25) is 4.98 Å². The van der Waals surface area contributed by atoms with Crippen molar-refractivity contribution in [1.82, 2.24) is 4.98 Å². The predicted octanol–water partition coefficient (Wildman–Crippen LogP) is 1.28. The van der Waals surface area contributed by atoms with Gasteiger partial charge in [-0.1, -0.05) is 0 Å². The largest absolute Gasteiger partial charge is 0.252 e. The summed E-state index contributed by atoms with van der Waals surface area (Å²) in [5.74, 6) is 0. The lowest BCUT2D eigenvalue weighted by atomic mass is 10.4. The lowest BCUT2D eigenvalue weighted by Gasteiger charge is -1.78. The minimum Gasteiger partial charge on any atom is -0.252 e. The van der Waals surface area contributed by atoms with Crippen molar-refractivity contribution in [1.29, 1.82) is 0 Å². The molecular weight excluding hydrogens is 104 g/mol. The van der Waals surface area contributed by atoms with Crippen molar-refractivity contribution in [2.75, 3.05) is 0 Å². The molecule has 1 heterocycles. The number of hydrogen-bond donors (Lipinski definition) is 0. The number of rotatable bonds is 1. The van der Waals surface area contributed by atoms with Crippen LogP contribution in [-0.2, 0) is 0 Å². The van der Waals surface area contributed by atoms with Crippen LogP contribution in [0.5, 0.6) is 0 Å². The first kappa shape index (κ1) is 4.90. The van der Waals surface area contributed by atoms with Crippen LogP contribution in [0.1, 0.15) is 0 Å². The standard InChI is InChI=1S/C5H3N2O/c8-7-5-2-1-3-6-4-5/h1-3H. The van der Waals surface area contributed by atoms with Gasteiger partial charge >= 0.3 is 0 Å². The first-order valence-corrected chi connectivity index (χ1v) is 2.09. The summed E-state index contributed by atoms with van der Waals surface area (Å²) in [6.07, 6.45) is 3.93. The first-order chi connectivity index (χ1) is 3.93. The fraction of sp³-hybridized carbons (Fsp3) is 0. The van der Waals surface area contributed by atoms with Gasteiger partial charge in [0.15, 0.2) is 0 Å². The summed E-state index contributed by atoms with van der Waals surface area (Å²) in [5, 5.41) is 2.60. The SMILES string of the molecule is O=Nc1[c]nccc1. The van der Waals surface area contributed by atoms with Crippen molar-refractivity contribution < 1.29 is 0 Å². The second-order valence-corrected chi connectivity index (χ2v) is 1.23. The monoisotopic (exact) mass is 107 g/mol. The molecule has 0 aromatic carbocycles. The zero-order valence-electron chi connectivity index (χ0n) is 4.03. The Labute approximate surface area is 46.3 Å². The van der Waals surface area contributed by atoms with Crippen LogP contribution >= 0.6 is 0 Å². The second-order valence-electron chi connectivity index (χ2n) is 1.23. The van der Waals surface area contributed by atoms with E-state index in [9.17, 15) is 4.91 Å². The molecule has 0 aliphatic rings. The Hall–Kier alpha value is -1.25. The van der Waals surface area contributed by atoms with Gasteiger partial charge in [-0.25, -0.2) is 0 Å². The van der Waals surface area contributed by atoms with Crippen LogP contribution in [0.15, 0.2) is 23.5 Å². The fourth-order valence-corrected chi connectivity index (χ4v) is 0.369. The molecule has 1 rings (SSSR count). The van der Waals surface area contributed by atoms with E-state index in [1.54, 1.807) is 12.1 Å². The molecule has 0 fully saturated rings. The fourth-order valence-electron chi connectivity index (χ4n) is 0.369. The van der Waals surface area contributed by atoms with Gasteiger partial charge in [0, 0.05) is 6.20 Å². The van der Waals surface area contributed by atoms with E-state index in [2.05, 4.69) is 16.4 Å². The maximum absolute atomic E-state index is 9.69. The molecule has 0 bridgehead atoms. The van der Waals surface area contributed by atoms with Gasteiger partial charge in [-0.15, -0.1) is 4.91 Å². The zero-order valence-corrected chi connectivity index (χ0v) is 4.03. The van der Waals surface area contributed by atoms with Crippen LogP contribution in [0.4, 0.5) is 5.69 Å². The zero-order chi connectivity index (χ0) is 5.82. The number of aromatic nitrogens is 1. The van der Waals surface area contributed by atoms with E-state index in [-0.39, 0.29) is 5.69 Å². The average molecular weight is 107 g/mol. The van der Waals surface area contributed by atoms with E-state index >= 15 is 0 Å². The van der Waals surface area contributed by atoms with E-state index < -0.39 is 0 Å². The molecule has 0 aliphatic heterocycles. The summed E-state index contributed by atoms with van der Waals surface area (Å²) in [4.78, 5) is 13.2. The molecule has 0 N–H and O–H groups in total. The molecule has 1 radical (unpaired) electrons. The molecule has 1 aromatic heterocycles. The van der Waals surface area contributed by atoms with Gasteiger partial charge in [0.2, 0.25) is 0 Å². The maximum atomic E-state index is 9.69. The molecule has 3 heteroatoms. The van der Waals surface area contributed by atoms with Gasteiger partial charge < -0.3 is 0 Å². The smallest absolute Gasteiger partial charge is 0.135 e. The van der Waals surface area contributed by atoms with E-state index in [1.807, 2.05) is 0 Å². The van der Waals surface area contributed by atoms with Crippen LogP contribution in [0.25, 0.3) is 0 Å². The molecule has 0 spiro atoms. The van der Waals surface area contributed by atoms with Gasteiger partial charge in [0.05, 0.1) is 0 Å². The van der Waals surface area contributed by atoms with Crippen LogP contribution in [0, 0.1) is 11.1 Å². The second kappa shape index (κ2) is 2.16. The summed E-state index contributed by atoms with van der Waals surface area (Å²) in [5.41, 5.74) is 0.243. The highest BCUT2D eigenvalue weighted by molar-refractivity contribution is 5.29. The van der Waals surface area contributed by atoms with Crippen LogP contribution in [0.3, 0.4) is 0 Å². The van der Waals surface area contributed by atoms with Crippen molar-refractivity contribution >= 4 is 5.69 Å². The Morgan fingerprint density at radius 1 is 1.75 bits per heavy atom. The van der Waals surface area contributed by atoms with Crippen LogP contribution in [0.2, 0.25) is 0 Å². The number of nitroso groups, excluding NO2 is 1. The average Bonchev–Trinajstić information content (AvgIpc) is 1.90. The van der Waals surface area contributed by atoms with Crippen molar-refractivity contribution in [3.63, 3.8) is 0 Å². The van der Waals surface area contributed by atoms with Gasteiger partial charge in [-0.05, 0) is 17.3 Å². The Morgan fingerprint density at radius 3 is 3.00 bits per heavy atom. The number of pyridine rings is 1. The third-order valence-corrected chi connectivity index (χ3v) is 0.692. The summed E-state index contributed by atoms with van der Waals surface area (Å²) in [7, 11) is 0. The first-order valence-electron chi connectivity index (χ1n) is 2.09. The molecule has 0 aliphatic carbocycles. The van der Waals surface area contributed by atoms with E-state index in [4.69, 9.17) is 0 Å². The summed E-state index contributed by atoms with van der Waals surface area (Å²) in [6.45, 7) is 0. The topological polar surface area (TPSA) is 42.3 Å². The maximum Gasteiger partial charge on any atom is 0.135 e. The third kappa shape index (κ3) is 0.872. The Bertz CT molecular complexity index is 173. The molecule has 0 amide bonds. The lowest BCUT2D eigenvalue weighted by Crippen LogP contribution is -1.65. The highest BCUT2D eigenvalue weighted by Gasteiger charge is 1.83. The quantitative estimate of drug-likeness (QED) is 0.507. The normalized spacial score (nSPS) is 8.50. The minimum atomic E-state index is 0.243. The van der Waals surface area contributed by atoms with Gasteiger partial charge in [0.1, 0.15) is 11.9 Å². The van der Waals surface area contributed by atoms with E-state index in [0.29, 0.717) is 0 Å². The molecule has 8 heavy (non-hydrogen) atoms. The van der Waals surface area contributed by atoms with Crippen molar-refractivity contribution in [3.05, 3.63) is 29.4 Å². The van der Waals surface area contributed by atoms with E-state index in [1.165, 1.54) is 6.20 Å². The van der Waals surface area contributed by atoms with Gasteiger partial charge in [0.25, 0.3) is 0 Å². The van der Waals surface area contributed by atoms with Crippen LogP contribution < -0.4 is 0 Å². The molecule has 1 aromatic rings. The Kier molecular flexibility index (Phi) is 1.32. The van der Waals surface area contributed by atoms with Crippen LogP contribution in [-0.4, -0.2) is 4.98 Å². The molecule has 3 nitrogen and oxygen atoms in total. The minimum absolute atomic E-state index is 0.243. The highest BCUT2D eigenvalue weighted by atomic mass is 16.3. The number of nitrogens with zero attached hydrogens (tertiary/aromatic N) is 2. The third-order valence-electron chi connectivity index (χ3n) is 0.692. The lowest BCUT2D eigenvalue weighted by molar-refractivity contribution is 1.28.